The van der Waals surface area contributed by atoms with Crippen LogP contribution in [-0.2, 0) is 9.47 Å². The van der Waals surface area contributed by atoms with Crippen LogP contribution in [0.3, 0.4) is 0 Å². The molecule has 0 heterocycles. The minimum absolute atomic E-state index is 0.293. The summed E-state index contributed by atoms with van der Waals surface area (Å²) in [5.74, 6) is 0. The van der Waals surface area contributed by atoms with E-state index in [0.29, 0.717) is 6.10 Å². The number of rotatable bonds is 10. The maximum Gasteiger partial charge on any atom is 0.0704 e. The van der Waals surface area contributed by atoms with Crippen LogP contribution >= 0.6 is 0 Å². The zero-order chi connectivity index (χ0) is 13.1. The van der Waals surface area contributed by atoms with E-state index in [0.717, 1.165) is 38.8 Å². The van der Waals surface area contributed by atoms with E-state index in [-0.39, 0.29) is 0 Å². The molecule has 1 N–H and O–H groups in total. The fourth-order valence-corrected chi connectivity index (χ4v) is 2.35. The Morgan fingerprint density at radius 1 is 1.11 bits per heavy atom. The lowest BCUT2D eigenvalue weighted by Crippen LogP contribution is -2.37. The van der Waals surface area contributed by atoms with Crippen molar-refractivity contribution in [2.75, 3.05) is 26.4 Å². The zero-order valence-corrected chi connectivity index (χ0v) is 12.2. The Kier molecular flexibility index (Phi) is 9.54. The minimum Gasteiger partial charge on any atom is -0.379 e. The monoisotopic (exact) mass is 257 g/mol. The van der Waals surface area contributed by atoms with Gasteiger partial charge in [0.2, 0.25) is 0 Å². The standard InChI is InChI=1S/C15H31NO2/c1-3-4-10-17-11-12-18-14(2)13-16-15-8-6-5-7-9-15/h14-16H,3-13H2,1-2H3. The first kappa shape index (κ1) is 15.9. The lowest BCUT2D eigenvalue weighted by molar-refractivity contribution is 0.0109. The Bertz CT molecular complexity index is 181. The second-order valence-electron chi connectivity index (χ2n) is 5.39. The van der Waals surface area contributed by atoms with Gasteiger partial charge in [0.05, 0.1) is 19.3 Å². The van der Waals surface area contributed by atoms with E-state index in [1.807, 2.05) is 0 Å². The van der Waals surface area contributed by atoms with Crippen molar-refractivity contribution in [3.05, 3.63) is 0 Å². The highest BCUT2D eigenvalue weighted by molar-refractivity contribution is 4.72. The molecule has 0 radical (unpaired) electrons. The van der Waals surface area contributed by atoms with Gasteiger partial charge in [0, 0.05) is 19.2 Å². The van der Waals surface area contributed by atoms with E-state index >= 15 is 0 Å². The second kappa shape index (κ2) is 10.8. The van der Waals surface area contributed by atoms with Gasteiger partial charge in [-0.3, -0.25) is 0 Å². The van der Waals surface area contributed by atoms with Crippen molar-refractivity contribution < 1.29 is 9.47 Å². The summed E-state index contributed by atoms with van der Waals surface area (Å²) in [6.07, 6.45) is 9.51. The third-order valence-electron chi connectivity index (χ3n) is 3.57. The molecule has 1 fully saturated rings. The fraction of sp³-hybridized carbons (Fsp3) is 1.00. The predicted octanol–water partition coefficient (Wildman–Crippen LogP) is 3.13. The highest BCUT2D eigenvalue weighted by Crippen LogP contribution is 2.17. The molecule has 0 saturated heterocycles. The lowest BCUT2D eigenvalue weighted by atomic mass is 9.95. The normalized spacial score (nSPS) is 19.0. The van der Waals surface area contributed by atoms with E-state index < -0.39 is 0 Å². The van der Waals surface area contributed by atoms with Crippen molar-refractivity contribution in [3.8, 4) is 0 Å². The van der Waals surface area contributed by atoms with Gasteiger partial charge in [0.25, 0.3) is 0 Å². The average Bonchev–Trinajstić information content (AvgIpc) is 2.41. The van der Waals surface area contributed by atoms with Crippen molar-refractivity contribution in [2.24, 2.45) is 0 Å². The first-order chi connectivity index (χ1) is 8.83. The largest absolute Gasteiger partial charge is 0.379 e. The summed E-state index contributed by atoms with van der Waals surface area (Å²) in [7, 11) is 0. The van der Waals surface area contributed by atoms with Gasteiger partial charge < -0.3 is 14.8 Å². The van der Waals surface area contributed by atoms with Crippen molar-refractivity contribution in [3.63, 3.8) is 0 Å². The minimum atomic E-state index is 0.293. The van der Waals surface area contributed by atoms with Crippen molar-refractivity contribution >= 4 is 0 Å². The molecule has 0 aromatic heterocycles. The number of unbranched alkanes of at least 4 members (excludes halogenated alkanes) is 1. The number of hydrogen-bond acceptors (Lipinski definition) is 3. The Morgan fingerprint density at radius 3 is 2.61 bits per heavy atom. The van der Waals surface area contributed by atoms with Gasteiger partial charge in [-0.2, -0.15) is 0 Å². The van der Waals surface area contributed by atoms with Crippen LogP contribution in [0, 0.1) is 0 Å². The highest BCUT2D eigenvalue weighted by atomic mass is 16.5. The molecule has 1 aliphatic rings. The van der Waals surface area contributed by atoms with Crippen LogP contribution in [0.4, 0.5) is 0 Å². The van der Waals surface area contributed by atoms with Crippen LogP contribution < -0.4 is 5.32 Å². The van der Waals surface area contributed by atoms with Crippen molar-refractivity contribution in [1.82, 2.24) is 5.32 Å². The Labute approximate surface area is 113 Å². The number of ether oxygens (including phenoxy) is 2. The third-order valence-corrected chi connectivity index (χ3v) is 3.57. The highest BCUT2D eigenvalue weighted by Gasteiger charge is 2.13. The van der Waals surface area contributed by atoms with E-state index in [9.17, 15) is 0 Å². The molecule has 1 saturated carbocycles. The topological polar surface area (TPSA) is 30.5 Å². The fourth-order valence-electron chi connectivity index (χ4n) is 2.35. The summed E-state index contributed by atoms with van der Waals surface area (Å²) in [6.45, 7) is 7.61. The van der Waals surface area contributed by atoms with Crippen LogP contribution in [-0.4, -0.2) is 38.5 Å². The Morgan fingerprint density at radius 2 is 1.89 bits per heavy atom. The molecule has 1 unspecified atom stereocenters. The molecular weight excluding hydrogens is 226 g/mol. The van der Waals surface area contributed by atoms with Crippen molar-refractivity contribution in [2.45, 2.75) is 70.9 Å². The van der Waals surface area contributed by atoms with Crippen LogP contribution in [0.1, 0.15) is 58.8 Å². The molecule has 0 spiro atoms. The summed E-state index contributed by atoms with van der Waals surface area (Å²) in [5.41, 5.74) is 0. The maximum atomic E-state index is 5.73. The molecule has 108 valence electrons. The molecule has 1 aliphatic carbocycles. The molecule has 1 atom stereocenters. The molecule has 18 heavy (non-hydrogen) atoms. The summed E-state index contributed by atoms with van der Waals surface area (Å²) in [4.78, 5) is 0. The molecule has 3 heteroatoms. The molecule has 0 amide bonds. The molecular formula is C15H31NO2. The van der Waals surface area contributed by atoms with Gasteiger partial charge >= 0.3 is 0 Å². The summed E-state index contributed by atoms with van der Waals surface area (Å²) >= 11 is 0. The quantitative estimate of drug-likeness (QED) is 0.610. The zero-order valence-electron chi connectivity index (χ0n) is 12.2. The molecule has 3 nitrogen and oxygen atoms in total. The van der Waals surface area contributed by atoms with Crippen LogP contribution in [0.15, 0.2) is 0 Å². The first-order valence-electron chi connectivity index (χ1n) is 7.75. The number of nitrogens with one attached hydrogen (secondary N) is 1. The summed E-state index contributed by atoms with van der Waals surface area (Å²) in [6, 6.07) is 0.727. The third kappa shape index (κ3) is 8.06. The van der Waals surface area contributed by atoms with Crippen LogP contribution in [0.2, 0.25) is 0 Å². The number of hydrogen-bond donors (Lipinski definition) is 1. The van der Waals surface area contributed by atoms with Gasteiger partial charge in [0.15, 0.2) is 0 Å². The molecule has 0 aliphatic heterocycles. The maximum absolute atomic E-state index is 5.73. The Hall–Kier alpha value is -0.120. The van der Waals surface area contributed by atoms with Gasteiger partial charge in [-0.25, -0.2) is 0 Å². The smallest absolute Gasteiger partial charge is 0.0704 e. The average molecular weight is 257 g/mol. The van der Waals surface area contributed by atoms with E-state index in [1.54, 1.807) is 0 Å². The van der Waals surface area contributed by atoms with E-state index in [4.69, 9.17) is 9.47 Å². The lowest BCUT2D eigenvalue weighted by Gasteiger charge is -2.24. The van der Waals surface area contributed by atoms with Gasteiger partial charge in [-0.1, -0.05) is 32.6 Å². The molecule has 0 aromatic rings. The van der Waals surface area contributed by atoms with Crippen LogP contribution in [0.25, 0.3) is 0 Å². The molecule has 1 rings (SSSR count). The first-order valence-corrected chi connectivity index (χ1v) is 7.75. The molecule has 0 aromatic carbocycles. The predicted molar refractivity (Wildman–Crippen MR) is 76.0 cm³/mol. The second-order valence-corrected chi connectivity index (χ2v) is 5.39. The molecule has 0 bridgehead atoms. The SMILES string of the molecule is CCCCOCCOC(C)CNC1CCCCC1. The summed E-state index contributed by atoms with van der Waals surface area (Å²) < 4.78 is 11.2. The van der Waals surface area contributed by atoms with E-state index in [1.165, 1.54) is 38.5 Å². The van der Waals surface area contributed by atoms with Crippen LogP contribution in [0.5, 0.6) is 0 Å². The van der Waals surface area contributed by atoms with Crippen molar-refractivity contribution in [1.29, 1.82) is 0 Å². The van der Waals surface area contributed by atoms with Gasteiger partial charge in [-0.15, -0.1) is 0 Å². The Balaban J connectivity index is 1.88. The van der Waals surface area contributed by atoms with E-state index in [2.05, 4.69) is 19.2 Å². The van der Waals surface area contributed by atoms with Gasteiger partial charge in [-0.05, 0) is 26.2 Å². The van der Waals surface area contributed by atoms with Gasteiger partial charge in [0.1, 0.15) is 0 Å². The summed E-state index contributed by atoms with van der Waals surface area (Å²) in [5, 5.41) is 3.62.